The maximum absolute atomic E-state index is 13.7. The third kappa shape index (κ3) is 4.94. The van der Waals surface area contributed by atoms with Crippen molar-refractivity contribution in [3.05, 3.63) is 117 Å². The van der Waals surface area contributed by atoms with Gasteiger partial charge in [-0.25, -0.2) is 9.79 Å². The van der Waals surface area contributed by atoms with E-state index in [4.69, 9.17) is 32.4 Å². The molecule has 1 aliphatic rings. The Morgan fingerprint density at radius 2 is 1.97 bits per heavy atom. The SMILES string of the molecule is CCOC(=O)C1=C(C)N=c2s/c(=C\c3ccc(-c4cc([N+](=O)[O-])ccc4Cl)o3)c(=O)n2C1c1ccccc1Cl. The first-order valence-electron chi connectivity index (χ1n) is 11.7. The van der Waals surface area contributed by atoms with Gasteiger partial charge in [-0.05, 0) is 43.7 Å². The molecule has 198 valence electrons. The van der Waals surface area contributed by atoms with Crippen molar-refractivity contribution in [2.24, 2.45) is 4.99 Å². The molecule has 0 radical (unpaired) electrons. The number of nitro groups is 1. The van der Waals surface area contributed by atoms with Crippen LogP contribution in [0.25, 0.3) is 17.4 Å². The van der Waals surface area contributed by atoms with Gasteiger partial charge in [0.1, 0.15) is 17.6 Å². The second-order valence-corrected chi connectivity index (χ2v) is 10.3. The molecule has 2 aromatic heterocycles. The van der Waals surface area contributed by atoms with Crippen molar-refractivity contribution in [1.82, 2.24) is 4.57 Å². The van der Waals surface area contributed by atoms with Gasteiger partial charge in [0, 0.05) is 28.8 Å². The number of carbonyl (C=O) groups is 1. The average molecular weight is 584 g/mol. The number of rotatable bonds is 6. The van der Waals surface area contributed by atoms with Gasteiger partial charge in [0.05, 0.1) is 32.4 Å². The van der Waals surface area contributed by atoms with Crippen LogP contribution in [-0.2, 0) is 9.53 Å². The van der Waals surface area contributed by atoms with Gasteiger partial charge in [-0.1, -0.05) is 52.7 Å². The van der Waals surface area contributed by atoms with Crippen molar-refractivity contribution < 1.29 is 18.9 Å². The molecule has 9 nitrogen and oxygen atoms in total. The van der Waals surface area contributed by atoms with Crippen molar-refractivity contribution in [3.8, 4) is 11.3 Å². The maximum atomic E-state index is 13.7. The summed E-state index contributed by atoms with van der Waals surface area (Å²) in [5.41, 5.74) is 1.03. The maximum Gasteiger partial charge on any atom is 0.338 e. The van der Waals surface area contributed by atoms with Crippen LogP contribution in [0, 0.1) is 10.1 Å². The third-order valence-electron chi connectivity index (χ3n) is 6.04. The zero-order valence-electron chi connectivity index (χ0n) is 20.5. The van der Waals surface area contributed by atoms with Crippen molar-refractivity contribution >= 4 is 52.3 Å². The molecule has 0 N–H and O–H groups in total. The highest BCUT2D eigenvalue weighted by Crippen LogP contribution is 2.35. The molecular weight excluding hydrogens is 565 g/mol. The number of aromatic nitrogens is 1. The number of hydrogen-bond acceptors (Lipinski definition) is 8. The number of carbonyl (C=O) groups excluding carboxylic acids is 1. The van der Waals surface area contributed by atoms with E-state index >= 15 is 0 Å². The summed E-state index contributed by atoms with van der Waals surface area (Å²) in [6, 6.07) is 13.4. The Labute approximate surface area is 235 Å². The number of hydrogen-bond donors (Lipinski definition) is 0. The number of esters is 1. The van der Waals surface area contributed by atoms with Crippen LogP contribution in [0.3, 0.4) is 0 Å². The molecule has 3 heterocycles. The van der Waals surface area contributed by atoms with Gasteiger partial charge in [0.25, 0.3) is 11.2 Å². The van der Waals surface area contributed by atoms with Gasteiger partial charge in [0.15, 0.2) is 4.80 Å². The second kappa shape index (κ2) is 10.6. The van der Waals surface area contributed by atoms with Crippen LogP contribution in [0.2, 0.25) is 10.0 Å². The van der Waals surface area contributed by atoms with Gasteiger partial charge < -0.3 is 9.15 Å². The highest BCUT2D eigenvalue weighted by Gasteiger charge is 2.34. The number of ether oxygens (including phenoxy) is 1. The Morgan fingerprint density at radius 1 is 1.21 bits per heavy atom. The van der Waals surface area contributed by atoms with Crippen molar-refractivity contribution in [2.75, 3.05) is 6.61 Å². The fourth-order valence-corrected chi connectivity index (χ4v) is 5.78. The minimum Gasteiger partial charge on any atom is -0.463 e. The molecule has 2 aromatic carbocycles. The van der Waals surface area contributed by atoms with Crippen LogP contribution >= 0.6 is 34.5 Å². The van der Waals surface area contributed by atoms with Crippen molar-refractivity contribution in [2.45, 2.75) is 19.9 Å². The summed E-state index contributed by atoms with van der Waals surface area (Å²) in [5.74, 6) is 0.0491. The Kier molecular flexibility index (Phi) is 7.26. The first-order chi connectivity index (χ1) is 18.7. The molecule has 39 heavy (non-hydrogen) atoms. The van der Waals surface area contributed by atoms with Crippen LogP contribution in [-0.4, -0.2) is 22.1 Å². The summed E-state index contributed by atoms with van der Waals surface area (Å²) in [7, 11) is 0. The fraction of sp³-hybridized carbons (Fsp3) is 0.148. The van der Waals surface area contributed by atoms with E-state index in [0.717, 1.165) is 11.3 Å². The first kappa shape index (κ1) is 26.6. The lowest BCUT2D eigenvalue weighted by molar-refractivity contribution is -0.384. The lowest BCUT2D eigenvalue weighted by Crippen LogP contribution is -2.40. The molecule has 0 bridgehead atoms. The lowest BCUT2D eigenvalue weighted by atomic mass is 9.96. The molecule has 0 spiro atoms. The number of nitro benzene ring substituents is 1. The van der Waals surface area contributed by atoms with Gasteiger partial charge in [-0.2, -0.15) is 0 Å². The Morgan fingerprint density at radius 3 is 2.69 bits per heavy atom. The monoisotopic (exact) mass is 583 g/mol. The van der Waals surface area contributed by atoms with Crippen LogP contribution in [0.1, 0.15) is 31.2 Å². The predicted molar refractivity (Wildman–Crippen MR) is 148 cm³/mol. The van der Waals surface area contributed by atoms with Gasteiger partial charge >= 0.3 is 5.97 Å². The van der Waals surface area contributed by atoms with E-state index in [-0.39, 0.29) is 22.9 Å². The molecule has 4 aromatic rings. The fourth-order valence-electron chi connectivity index (χ4n) is 4.30. The normalized spacial score (nSPS) is 15.2. The number of fused-ring (bicyclic) bond motifs is 1. The quantitative estimate of drug-likeness (QED) is 0.173. The molecular formula is C27H19Cl2N3O6S. The van der Waals surface area contributed by atoms with Crippen LogP contribution in [0.4, 0.5) is 5.69 Å². The van der Waals surface area contributed by atoms with E-state index < -0.39 is 22.5 Å². The topological polar surface area (TPSA) is 117 Å². The lowest BCUT2D eigenvalue weighted by Gasteiger charge is -2.25. The molecule has 1 unspecified atom stereocenters. The number of thiazole rings is 1. The summed E-state index contributed by atoms with van der Waals surface area (Å²) in [4.78, 5) is 42.3. The number of non-ortho nitro benzene ring substituents is 1. The smallest absolute Gasteiger partial charge is 0.338 e. The summed E-state index contributed by atoms with van der Waals surface area (Å²) < 4.78 is 12.9. The van der Waals surface area contributed by atoms with E-state index in [1.54, 1.807) is 56.3 Å². The molecule has 0 fully saturated rings. The third-order valence-corrected chi connectivity index (χ3v) is 7.70. The highest BCUT2D eigenvalue weighted by atomic mass is 35.5. The number of furan rings is 1. The number of benzene rings is 2. The molecule has 0 saturated carbocycles. The standard InChI is InChI=1S/C27H19Cl2N3O6S/c1-3-37-26(34)23-14(2)30-27-31(24(23)17-6-4-5-7-19(17)28)25(33)22(39-27)13-16-9-11-21(38-16)18-12-15(32(35)36)8-10-20(18)29/h4-13,24H,3H2,1-2H3/b22-13-. The molecule has 0 saturated heterocycles. The van der Waals surface area contributed by atoms with Crippen molar-refractivity contribution in [1.29, 1.82) is 0 Å². The van der Waals surface area contributed by atoms with E-state index in [9.17, 15) is 19.7 Å². The van der Waals surface area contributed by atoms with E-state index in [1.807, 2.05) is 0 Å². The highest BCUT2D eigenvalue weighted by molar-refractivity contribution is 7.07. The zero-order chi connectivity index (χ0) is 27.8. The first-order valence-corrected chi connectivity index (χ1v) is 13.2. The number of halogens is 2. The summed E-state index contributed by atoms with van der Waals surface area (Å²) >= 11 is 13.9. The molecule has 12 heteroatoms. The van der Waals surface area contributed by atoms with Crippen LogP contribution < -0.4 is 14.9 Å². The zero-order valence-corrected chi connectivity index (χ0v) is 22.8. The average Bonchev–Trinajstić information content (AvgIpc) is 3.48. The second-order valence-electron chi connectivity index (χ2n) is 8.45. The predicted octanol–water partition coefficient (Wildman–Crippen LogP) is 5.27. The van der Waals surface area contributed by atoms with Crippen molar-refractivity contribution in [3.63, 3.8) is 0 Å². The summed E-state index contributed by atoms with van der Waals surface area (Å²) in [5, 5.41) is 11.9. The van der Waals surface area contributed by atoms with Gasteiger partial charge in [-0.3, -0.25) is 19.5 Å². The number of nitrogens with zero attached hydrogens (tertiary/aromatic N) is 3. The molecule has 0 aliphatic carbocycles. The summed E-state index contributed by atoms with van der Waals surface area (Å²) in [6.45, 7) is 3.55. The summed E-state index contributed by atoms with van der Waals surface area (Å²) in [6.07, 6.45) is 1.55. The van der Waals surface area contributed by atoms with E-state index in [2.05, 4.69) is 4.99 Å². The number of allylic oxidation sites excluding steroid dienone is 1. The van der Waals surface area contributed by atoms with E-state index in [0.29, 0.717) is 42.7 Å². The van der Waals surface area contributed by atoms with Gasteiger partial charge in [-0.15, -0.1) is 0 Å². The minimum absolute atomic E-state index is 0.131. The molecule has 0 amide bonds. The molecule has 1 aliphatic heterocycles. The molecule has 5 rings (SSSR count). The van der Waals surface area contributed by atoms with Gasteiger partial charge in [0.2, 0.25) is 0 Å². The van der Waals surface area contributed by atoms with Crippen LogP contribution in [0.5, 0.6) is 0 Å². The molecule has 1 atom stereocenters. The van der Waals surface area contributed by atoms with E-state index in [1.165, 1.54) is 22.8 Å². The Balaban J connectivity index is 1.64. The van der Waals surface area contributed by atoms with Crippen LogP contribution in [0.15, 0.2) is 80.1 Å². The minimum atomic E-state index is -0.841. The largest absolute Gasteiger partial charge is 0.463 e. The Hall–Kier alpha value is -3.99. The Bertz CT molecular complexity index is 1850.